The summed E-state index contributed by atoms with van der Waals surface area (Å²) in [6, 6.07) is -0.105. The Balaban J connectivity index is 1.04. The molecule has 11 nitrogen and oxygen atoms in total. The van der Waals surface area contributed by atoms with Crippen LogP contribution in [-0.2, 0) is 14.8 Å². The number of rotatable bonds is 7. The Hall–Kier alpha value is -2.48. The summed E-state index contributed by atoms with van der Waals surface area (Å²) in [4.78, 5) is 12.2. The normalized spacial score (nSPS) is 39.8. The van der Waals surface area contributed by atoms with Crippen molar-refractivity contribution >= 4 is 16.0 Å². The average Bonchev–Trinajstić information content (AvgIpc) is 3.39. The molecule has 3 heterocycles. The van der Waals surface area contributed by atoms with Gasteiger partial charge in [-0.25, -0.2) is 13.4 Å². The van der Waals surface area contributed by atoms with Crippen molar-refractivity contribution in [3.8, 4) is 0 Å². The highest BCUT2D eigenvalue weighted by Crippen LogP contribution is 2.50. The summed E-state index contributed by atoms with van der Waals surface area (Å²) in [7, 11) is -3.37. The second-order valence-corrected chi connectivity index (χ2v) is 15.0. The van der Waals surface area contributed by atoms with E-state index in [0.717, 1.165) is 44.2 Å². The van der Waals surface area contributed by atoms with E-state index < -0.39 is 21.9 Å². The van der Waals surface area contributed by atoms with E-state index in [-0.39, 0.29) is 35.2 Å². The van der Waals surface area contributed by atoms with E-state index in [0.29, 0.717) is 38.5 Å². The molecule has 6 N–H and O–H groups in total. The lowest BCUT2D eigenvalue weighted by Gasteiger charge is -2.35. The van der Waals surface area contributed by atoms with Gasteiger partial charge >= 0.3 is 5.97 Å². The predicted molar refractivity (Wildman–Crippen MR) is 159 cm³/mol. The fourth-order valence-electron chi connectivity index (χ4n) is 8.09. The maximum atomic E-state index is 13.6. The topological polar surface area (TPSA) is 138 Å². The van der Waals surface area contributed by atoms with Gasteiger partial charge in [-0.2, -0.15) is 9.84 Å². The van der Waals surface area contributed by atoms with Crippen molar-refractivity contribution < 1.29 is 18.3 Å². The Morgan fingerprint density at radius 3 is 2.90 bits per heavy atom. The van der Waals surface area contributed by atoms with Crippen molar-refractivity contribution in [3.05, 3.63) is 59.5 Å². The zero-order valence-electron chi connectivity index (χ0n) is 23.9. The number of carboxylic acid groups (broad SMARTS) is 1. The zero-order chi connectivity index (χ0) is 28.8. The summed E-state index contributed by atoms with van der Waals surface area (Å²) in [6.45, 7) is 2.18. The molecule has 12 heteroatoms. The molecule has 8 atom stereocenters. The fourth-order valence-corrected chi connectivity index (χ4v) is 10.2. The van der Waals surface area contributed by atoms with E-state index in [9.17, 15) is 18.3 Å². The summed E-state index contributed by atoms with van der Waals surface area (Å²) in [5.74, 6) is -0.412. The van der Waals surface area contributed by atoms with Crippen LogP contribution in [0.1, 0.15) is 44.9 Å². The van der Waals surface area contributed by atoms with Crippen LogP contribution in [0.2, 0.25) is 0 Å². The largest absolute Gasteiger partial charge is 0.481 e. The molecule has 0 spiro atoms. The number of sulfonamides is 1. The molecule has 3 aliphatic heterocycles. The molecule has 2 saturated heterocycles. The standard InChI is InChI=1S/C30H43N7O4S/c38-30(39)25-16-33-37(29(25)24-15-23(24)27-17-32-35-34-27)22-8-4-7-21(14-22)20-6-3-5-19(13-20)18-36-12-11-31-26-9-1-2-10-28(26)42(36,40)41/h1,4,7-9,13,17,19,22-26,28-29,31-35H,2-3,5-6,10-12,14-16,18H2,(H,38,39)/t19?,22?,23-,24-,25?,26?,28?,29?/m1/s1. The van der Waals surface area contributed by atoms with E-state index in [1.165, 1.54) is 11.1 Å². The Bertz CT molecular complexity index is 1340. The molecular weight excluding hydrogens is 554 g/mol. The molecule has 42 heavy (non-hydrogen) atoms. The van der Waals surface area contributed by atoms with Crippen molar-refractivity contribution in [3.63, 3.8) is 0 Å². The van der Waals surface area contributed by atoms with Crippen molar-refractivity contribution in [1.29, 1.82) is 0 Å². The minimum atomic E-state index is -3.37. The number of carboxylic acids is 1. The predicted octanol–water partition coefficient (Wildman–Crippen LogP) is 1.27. The number of fused-ring (bicyclic) bond motifs is 1. The van der Waals surface area contributed by atoms with Gasteiger partial charge < -0.3 is 21.3 Å². The molecule has 228 valence electrons. The van der Waals surface area contributed by atoms with E-state index in [1.807, 2.05) is 12.3 Å². The molecule has 0 aromatic carbocycles. The van der Waals surface area contributed by atoms with Crippen molar-refractivity contribution in [2.45, 2.75) is 68.3 Å². The van der Waals surface area contributed by atoms with Gasteiger partial charge in [0.2, 0.25) is 10.0 Å². The molecule has 1 saturated carbocycles. The molecule has 0 aromatic rings. The SMILES string of the molecule is O=C(O)C1CNN(C2C=CC=C(C3=CC(CN4CCNC5C=CCCC5S4(=O)=O)CCC3)C2)C1[C@@H]1C[C@H]1C1=CNNN1. The van der Waals surface area contributed by atoms with Gasteiger partial charge in [0.15, 0.2) is 0 Å². The smallest absolute Gasteiger partial charge is 0.309 e. The van der Waals surface area contributed by atoms with E-state index in [4.69, 9.17) is 0 Å². The Labute approximate surface area is 248 Å². The second kappa shape index (κ2) is 11.5. The summed E-state index contributed by atoms with van der Waals surface area (Å²) < 4.78 is 29.0. The number of allylic oxidation sites excluding steroid dienone is 5. The van der Waals surface area contributed by atoms with Crippen molar-refractivity contribution in [1.82, 2.24) is 36.4 Å². The first-order valence-corrected chi connectivity index (χ1v) is 17.1. The number of hydrogen-bond donors (Lipinski definition) is 6. The van der Waals surface area contributed by atoms with Crippen LogP contribution in [0.25, 0.3) is 0 Å². The molecule has 6 unspecified atom stereocenters. The quantitative estimate of drug-likeness (QED) is 0.238. The number of nitrogens with one attached hydrogen (secondary N) is 5. The number of carbonyl (C=O) groups is 1. The molecule has 0 aromatic heterocycles. The Morgan fingerprint density at radius 1 is 1.17 bits per heavy atom. The maximum Gasteiger partial charge on any atom is 0.309 e. The summed E-state index contributed by atoms with van der Waals surface area (Å²) in [6.07, 6.45) is 21.2. The van der Waals surface area contributed by atoms with Gasteiger partial charge in [-0.15, -0.1) is 0 Å². The third-order valence-electron chi connectivity index (χ3n) is 10.3. The minimum absolute atomic E-state index is 0.0667. The van der Waals surface area contributed by atoms with Gasteiger partial charge in [0.1, 0.15) is 0 Å². The lowest BCUT2D eigenvalue weighted by molar-refractivity contribution is -0.142. The lowest BCUT2D eigenvalue weighted by Crippen LogP contribution is -2.48. The van der Waals surface area contributed by atoms with Gasteiger partial charge in [0.25, 0.3) is 0 Å². The molecule has 0 radical (unpaired) electrons. The highest BCUT2D eigenvalue weighted by molar-refractivity contribution is 7.89. The molecule has 4 aliphatic carbocycles. The van der Waals surface area contributed by atoms with E-state index in [1.54, 1.807) is 4.31 Å². The number of hydrogen-bond acceptors (Lipinski definition) is 9. The van der Waals surface area contributed by atoms with Crippen molar-refractivity contribution in [2.75, 3.05) is 26.2 Å². The van der Waals surface area contributed by atoms with Crippen LogP contribution >= 0.6 is 0 Å². The number of hydrazine groups is 3. The maximum absolute atomic E-state index is 13.6. The molecule has 0 amide bonds. The monoisotopic (exact) mass is 597 g/mol. The van der Waals surface area contributed by atoms with Crippen molar-refractivity contribution in [2.24, 2.45) is 23.7 Å². The van der Waals surface area contributed by atoms with Crippen LogP contribution < -0.4 is 27.1 Å². The van der Waals surface area contributed by atoms with Crippen LogP contribution in [0.15, 0.2) is 59.5 Å². The molecule has 7 rings (SSSR count). The van der Waals surface area contributed by atoms with Crippen LogP contribution in [-0.4, -0.2) is 78.4 Å². The Kier molecular flexibility index (Phi) is 7.78. The van der Waals surface area contributed by atoms with Crippen LogP contribution in [0.5, 0.6) is 0 Å². The van der Waals surface area contributed by atoms with Gasteiger partial charge in [-0.3, -0.25) is 10.2 Å². The van der Waals surface area contributed by atoms with Gasteiger partial charge in [-0.05, 0) is 67.9 Å². The minimum Gasteiger partial charge on any atom is -0.481 e. The number of nitrogens with zero attached hydrogens (tertiary/aromatic N) is 2. The first kappa shape index (κ1) is 28.3. The Morgan fingerprint density at radius 2 is 2.07 bits per heavy atom. The van der Waals surface area contributed by atoms with Gasteiger partial charge in [0.05, 0.1) is 11.2 Å². The van der Waals surface area contributed by atoms with Crippen LogP contribution in [0, 0.1) is 23.7 Å². The fraction of sp³-hybridized carbons (Fsp3) is 0.633. The van der Waals surface area contributed by atoms with Gasteiger partial charge in [-0.1, -0.05) is 36.5 Å². The third-order valence-corrected chi connectivity index (χ3v) is 12.6. The second-order valence-electron chi connectivity index (χ2n) is 12.8. The van der Waals surface area contributed by atoms with Crippen LogP contribution in [0.4, 0.5) is 0 Å². The molecule has 3 fully saturated rings. The average molecular weight is 598 g/mol. The van der Waals surface area contributed by atoms with Gasteiger partial charge in [0, 0.05) is 62.1 Å². The third kappa shape index (κ3) is 5.37. The highest BCUT2D eigenvalue weighted by Gasteiger charge is 2.55. The summed E-state index contributed by atoms with van der Waals surface area (Å²) in [5, 5.41) is 15.3. The zero-order valence-corrected chi connectivity index (χ0v) is 24.7. The highest BCUT2D eigenvalue weighted by atomic mass is 32.2. The first-order chi connectivity index (χ1) is 20.4. The van der Waals surface area contributed by atoms with E-state index >= 15 is 0 Å². The summed E-state index contributed by atoms with van der Waals surface area (Å²) in [5.41, 5.74) is 16.2. The van der Waals surface area contributed by atoms with Crippen LogP contribution in [0.3, 0.4) is 0 Å². The van der Waals surface area contributed by atoms with E-state index in [2.05, 4.69) is 62.5 Å². The first-order valence-electron chi connectivity index (χ1n) is 15.6. The molecule has 7 aliphatic rings. The summed E-state index contributed by atoms with van der Waals surface area (Å²) >= 11 is 0. The lowest BCUT2D eigenvalue weighted by atomic mass is 9.83. The number of aliphatic carboxylic acids is 1. The molecule has 0 bridgehead atoms. The molecular formula is C30H43N7O4S.